The molecule has 0 atom stereocenters. The lowest BCUT2D eigenvalue weighted by molar-refractivity contribution is 0.660. The summed E-state index contributed by atoms with van der Waals surface area (Å²) in [6, 6.07) is 27.1. The minimum atomic E-state index is -0.130. The second kappa shape index (κ2) is 9.91. The van der Waals surface area contributed by atoms with Crippen molar-refractivity contribution in [2.75, 3.05) is 18.0 Å². The molecule has 35 heavy (non-hydrogen) atoms. The molecule has 0 bridgehead atoms. The molecule has 1 aromatic heterocycles. The van der Waals surface area contributed by atoms with Gasteiger partial charge in [0.2, 0.25) is 0 Å². The Balaban J connectivity index is 2.06. The molecule has 0 saturated carbocycles. The molecule has 0 aliphatic carbocycles. The first-order valence-corrected chi connectivity index (χ1v) is 13.0. The Hall–Kier alpha value is -3.03. The zero-order valence-electron chi connectivity index (χ0n) is 19.5. The first-order valence-electron chi connectivity index (χ1n) is 11.6. The molecule has 6 heteroatoms. The molecule has 1 heterocycles. The summed E-state index contributed by atoms with van der Waals surface area (Å²) < 4.78 is 9.38. The van der Waals surface area contributed by atoms with Crippen molar-refractivity contribution in [3.63, 3.8) is 0 Å². The lowest BCUT2D eigenvalue weighted by Gasteiger charge is -2.20. The van der Waals surface area contributed by atoms with Gasteiger partial charge in [-0.15, -0.1) is 0 Å². The van der Waals surface area contributed by atoms with Crippen molar-refractivity contribution >= 4 is 72.7 Å². The Morgan fingerprint density at radius 2 is 1.54 bits per heavy atom. The molecule has 0 unspecified atom stereocenters. The van der Waals surface area contributed by atoms with E-state index in [2.05, 4.69) is 59.5 Å². The second-order valence-corrected chi connectivity index (χ2v) is 9.91. The number of rotatable bonds is 4. The van der Waals surface area contributed by atoms with E-state index in [1.807, 2.05) is 54.6 Å². The van der Waals surface area contributed by atoms with E-state index < -0.39 is 0 Å². The SMILES string of the molecule is CCN(CC)c1ccc2c(c1)oc1cc(I)ccc1n(-c1ccc(Cl)cc1)c(=O)c1ccccc12. The smallest absolute Gasteiger partial charge is 0.263 e. The van der Waals surface area contributed by atoms with Crippen LogP contribution in [0.15, 0.2) is 94.1 Å². The summed E-state index contributed by atoms with van der Waals surface area (Å²) in [5, 5.41) is 2.93. The number of hydrogen-bond acceptors (Lipinski definition) is 3. The first-order chi connectivity index (χ1) is 17.0. The minimum Gasteiger partial charge on any atom is -0.454 e. The van der Waals surface area contributed by atoms with Crippen molar-refractivity contribution in [1.82, 2.24) is 4.57 Å². The summed E-state index contributed by atoms with van der Waals surface area (Å²) in [5.41, 5.74) is 3.68. The third kappa shape index (κ3) is 4.50. The molecule has 0 amide bonds. The average molecular weight is 595 g/mol. The van der Waals surface area contributed by atoms with Gasteiger partial charge in [-0.25, -0.2) is 0 Å². The summed E-state index contributed by atoms with van der Waals surface area (Å²) in [6.07, 6.45) is 0. The van der Waals surface area contributed by atoms with Crippen LogP contribution in [0, 0.1) is 3.57 Å². The van der Waals surface area contributed by atoms with Crippen LogP contribution in [-0.2, 0) is 0 Å². The summed E-state index contributed by atoms with van der Waals surface area (Å²) >= 11 is 8.43. The lowest BCUT2D eigenvalue weighted by atomic mass is 10.1. The molecule has 5 rings (SSSR count). The maximum absolute atomic E-state index is 14.2. The van der Waals surface area contributed by atoms with Crippen molar-refractivity contribution in [2.24, 2.45) is 0 Å². The molecule has 4 aromatic carbocycles. The maximum atomic E-state index is 14.2. The zero-order valence-corrected chi connectivity index (χ0v) is 22.4. The molecular weight excluding hydrogens is 571 g/mol. The highest BCUT2D eigenvalue weighted by atomic mass is 127. The van der Waals surface area contributed by atoms with Crippen molar-refractivity contribution in [3.05, 3.63) is 104 Å². The number of halogens is 2. The highest BCUT2D eigenvalue weighted by Crippen LogP contribution is 2.29. The quantitative estimate of drug-likeness (QED) is 0.197. The number of aromatic nitrogens is 1. The van der Waals surface area contributed by atoms with Crippen LogP contribution in [0.2, 0.25) is 5.02 Å². The van der Waals surface area contributed by atoms with E-state index in [1.165, 1.54) is 0 Å². The van der Waals surface area contributed by atoms with Gasteiger partial charge in [0.1, 0.15) is 5.58 Å². The normalized spacial score (nSPS) is 11.2. The third-order valence-corrected chi connectivity index (χ3v) is 7.13. The predicted molar refractivity (Wildman–Crippen MR) is 156 cm³/mol. The van der Waals surface area contributed by atoms with Gasteiger partial charge in [0.25, 0.3) is 5.56 Å². The molecule has 0 fully saturated rings. The Kier molecular flexibility index (Phi) is 6.71. The molecule has 0 saturated heterocycles. The van der Waals surface area contributed by atoms with Crippen molar-refractivity contribution < 1.29 is 4.42 Å². The van der Waals surface area contributed by atoms with Gasteiger partial charge < -0.3 is 9.32 Å². The Morgan fingerprint density at radius 3 is 2.26 bits per heavy atom. The number of benzene rings is 4. The maximum Gasteiger partial charge on any atom is 0.263 e. The van der Waals surface area contributed by atoms with Gasteiger partial charge in [0.15, 0.2) is 5.58 Å². The summed E-state index contributed by atoms with van der Waals surface area (Å²) in [4.78, 5) is 16.5. The Labute approximate surface area is 222 Å². The second-order valence-electron chi connectivity index (χ2n) is 8.23. The molecule has 0 radical (unpaired) electrons. The molecule has 0 N–H and O–H groups in total. The fourth-order valence-electron chi connectivity index (χ4n) is 4.46. The fourth-order valence-corrected chi connectivity index (χ4v) is 5.05. The standard InChI is InChI=1S/C29H24ClIN2O2/c1-3-32(4-2)22-14-15-24-23-7-5-6-8-25(23)29(34)33(21-12-9-19(30)10-13-21)26-16-11-20(31)17-28(26)35-27(24)18-22/h5-18H,3-4H2,1-2H3. The summed E-state index contributed by atoms with van der Waals surface area (Å²) in [5.74, 6) is 0. The lowest BCUT2D eigenvalue weighted by Crippen LogP contribution is -2.21. The third-order valence-electron chi connectivity index (χ3n) is 6.21. The van der Waals surface area contributed by atoms with Gasteiger partial charge in [0.05, 0.1) is 5.52 Å². The van der Waals surface area contributed by atoms with Crippen LogP contribution in [0.5, 0.6) is 0 Å². The van der Waals surface area contributed by atoms with Crippen LogP contribution < -0.4 is 10.5 Å². The molecule has 5 aromatic rings. The van der Waals surface area contributed by atoms with Crippen molar-refractivity contribution in [1.29, 1.82) is 0 Å². The van der Waals surface area contributed by atoms with Crippen LogP contribution in [0.4, 0.5) is 5.69 Å². The average Bonchev–Trinajstić information content (AvgIpc) is 2.91. The monoisotopic (exact) mass is 594 g/mol. The van der Waals surface area contributed by atoms with Crippen LogP contribution in [-0.4, -0.2) is 17.7 Å². The topological polar surface area (TPSA) is 38.4 Å². The van der Waals surface area contributed by atoms with Crippen molar-refractivity contribution in [2.45, 2.75) is 13.8 Å². The van der Waals surface area contributed by atoms with Gasteiger partial charge >= 0.3 is 0 Å². The van der Waals surface area contributed by atoms with E-state index in [-0.39, 0.29) is 5.56 Å². The molecule has 0 aliphatic heterocycles. The highest BCUT2D eigenvalue weighted by molar-refractivity contribution is 14.1. The van der Waals surface area contributed by atoms with Gasteiger partial charge in [0, 0.05) is 49.9 Å². The van der Waals surface area contributed by atoms with Crippen LogP contribution in [0.25, 0.3) is 38.5 Å². The van der Waals surface area contributed by atoms with Gasteiger partial charge in [-0.2, -0.15) is 0 Å². The van der Waals surface area contributed by atoms with Crippen molar-refractivity contribution in [3.8, 4) is 5.69 Å². The fraction of sp³-hybridized carbons (Fsp3) is 0.138. The summed E-state index contributed by atoms with van der Waals surface area (Å²) in [7, 11) is 0. The molecule has 176 valence electrons. The molecule has 0 aliphatic rings. The number of hydrogen-bond donors (Lipinski definition) is 0. The largest absolute Gasteiger partial charge is 0.454 e. The van der Waals surface area contributed by atoms with E-state index >= 15 is 0 Å². The van der Waals surface area contributed by atoms with Gasteiger partial charge in [-0.05, 0) is 102 Å². The van der Waals surface area contributed by atoms with E-state index in [1.54, 1.807) is 16.7 Å². The minimum absolute atomic E-state index is 0.130. The van der Waals surface area contributed by atoms with Crippen LogP contribution in [0.1, 0.15) is 13.8 Å². The van der Waals surface area contributed by atoms with E-state index in [0.717, 1.165) is 44.4 Å². The zero-order chi connectivity index (χ0) is 24.5. The molecular formula is C29H24ClIN2O2. The number of anilines is 1. The molecule has 0 spiro atoms. The Morgan fingerprint density at radius 1 is 0.829 bits per heavy atom. The summed E-state index contributed by atoms with van der Waals surface area (Å²) in [6.45, 7) is 6.07. The highest BCUT2D eigenvalue weighted by Gasteiger charge is 2.12. The first kappa shape index (κ1) is 23.7. The van der Waals surface area contributed by atoms with E-state index in [0.29, 0.717) is 21.5 Å². The van der Waals surface area contributed by atoms with Gasteiger partial charge in [-0.3, -0.25) is 9.36 Å². The number of nitrogens with zero attached hydrogens (tertiary/aromatic N) is 2. The van der Waals surface area contributed by atoms with Gasteiger partial charge in [-0.1, -0.05) is 29.8 Å². The number of fused-ring (bicyclic) bond motifs is 4. The molecule has 4 nitrogen and oxygen atoms in total. The van der Waals surface area contributed by atoms with Crippen LogP contribution in [0.3, 0.4) is 0 Å². The van der Waals surface area contributed by atoms with E-state index in [4.69, 9.17) is 16.0 Å². The predicted octanol–water partition coefficient (Wildman–Crippen LogP) is 8.12. The van der Waals surface area contributed by atoms with E-state index in [9.17, 15) is 4.79 Å². The Bertz CT molecular complexity index is 1670. The van der Waals surface area contributed by atoms with Crippen LogP contribution >= 0.6 is 34.2 Å².